The number of hydrogen-bond donors (Lipinski definition) is 2. The van der Waals surface area contributed by atoms with E-state index in [0.717, 1.165) is 26.3 Å². The van der Waals surface area contributed by atoms with Gasteiger partial charge in [-0.3, -0.25) is 0 Å². The zero-order chi connectivity index (χ0) is 15.6. The van der Waals surface area contributed by atoms with Gasteiger partial charge in [0.1, 0.15) is 16.9 Å². The Bertz CT molecular complexity index is 583. The first-order valence-electron chi connectivity index (χ1n) is 6.69. The molecule has 2 N–H and O–H groups in total. The quantitative estimate of drug-likeness (QED) is 0.474. The topological polar surface area (TPSA) is 32.3 Å². The van der Waals surface area contributed by atoms with Crippen LogP contribution in [-0.4, -0.2) is 17.8 Å². The molecule has 0 spiro atoms. The van der Waals surface area contributed by atoms with Crippen molar-refractivity contribution in [3.8, 4) is 11.8 Å². The average Bonchev–Trinajstić information content (AvgIpc) is 2.46. The number of rotatable bonds is 1. The molecule has 0 aliphatic heterocycles. The molecule has 1 fully saturated rings. The molecular formula is C15H15F4NO. The van der Waals surface area contributed by atoms with Crippen LogP contribution in [0.2, 0.25) is 0 Å². The Balaban J connectivity index is 2.46. The first kappa shape index (κ1) is 15.6. The molecule has 1 aromatic carbocycles. The van der Waals surface area contributed by atoms with Crippen molar-refractivity contribution in [1.29, 1.82) is 0 Å². The highest BCUT2D eigenvalue weighted by Crippen LogP contribution is 2.29. The van der Waals surface area contributed by atoms with Gasteiger partial charge in [-0.15, -0.1) is 0 Å². The molecule has 114 valence electrons. The zero-order valence-electron chi connectivity index (χ0n) is 11.5. The molecule has 0 amide bonds. The van der Waals surface area contributed by atoms with E-state index in [-0.39, 0.29) is 0 Å². The molecule has 0 bridgehead atoms. The van der Waals surface area contributed by atoms with Crippen molar-refractivity contribution >= 4 is 5.69 Å². The molecule has 6 heteroatoms. The standard InChI is InChI=1S/C15H15F4NO/c1-20-14-12(18)10(16)9(11(17)13(14)19)5-8-15(21)6-3-2-4-7-15/h20-21H,2-4,6-7H2,1H3. The third-order valence-electron chi connectivity index (χ3n) is 3.61. The summed E-state index contributed by atoms with van der Waals surface area (Å²) in [5.41, 5.74) is -3.24. The van der Waals surface area contributed by atoms with Gasteiger partial charge in [0, 0.05) is 7.05 Å². The maximum atomic E-state index is 13.8. The van der Waals surface area contributed by atoms with Crippen LogP contribution in [0.5, 0.6) is 0 Å². The maximum Gasteiger partial charge on any atom is 0.186 e. The lowest BCUT2D eigenvalue weighted by molar-refractivity contribution is 0.0610. The van der Waals surface area contributed by atoms with Gasteiger partial charge in [0.15, 0.2) is 23.3 Å². The molecular weight excluding hydrogens is 286 g/mol. The molecule has 0 heterocycles. The Kier molecular flexibility index (Phi) is 4.43. The van der Waals surface area contributed by atoms with E-state index in [2.05, 4.69) is 17.2 Å². The summed E-state index contributed by atoms with van der Waals surface area (Å²) in [6.45, 7) is 0. The Labute approximate surface area is 120 Å². The van der Waals surface area contributed by atoms with Crippen LogP contribution in [-0.2, 0) is 0 Å². The highest BCUT2D eigenvalue weighted by Gasteiger charge is 2.28. The molecule has 2 rings (SSSR count). The summed E-state index contributed by atoms with van der Waals surface area (Å²) < 4.78 is 54.7. The number of nitrogens with one attached hydrogen (secondary N) is 1. The third kappa shape index (κ3) is 2.98. The van der Waals surface area contributed by atoms with Crippen LogP contribution in [0.4, 0.5) is 23.2 Å². The summed E-state index contributed by atoms with van der Waals surface area (Å²) in [5.74, 6) is -1.77. The normalized spacial score (nSPS) is 17.0. The summed E-state index contributed by atoms with van der Waals surface area (Å²) in [7, 11) is 1.15. The van der Waals surface area contributed by atoms with Crippen LogP contribution in [0, 0.1) is 35.1 Å². The average molecular weight is 301 g/mol. The lowest BCUT2D eigenvalue weighted by Crippen LogP contribution is -2.29. The molecule has 1 aromatic rings. The molecule has 0 unspecified atom stereocenters. The van der Waals surface area contributed by atoms with Gasteiger partial charge < -0.3 is 10.4 Å². The number of halogens is 4. The van der Waals surface area contributed by atoms with Crippen molar-refractivity contribution in [2.24, 2.45) is 0 Å². The van der Waals surface area contributed by atoms with Crippen LogP contribution in [0.3, 0.4) is 0 Å². The van der Waals surface area contributed by atoms with Crippen LogP contribution in [0.1, 0.15) is 37.7 Å². The number of hydrogen-bond acceptors (Lipinski definition) is 2. The fourth-order valence-electron chi connectivity index (χ4n) is 2.40. The Hall–Kier alpha value is -1.74. The molecule has 0 atom stereocenters. The molecule has 1 aliphatic carbocycles. The van der Waals surface area contributed by atoms with Crippen molar-refractivity contribution < 1.29 is 22.7 Å². The van der Waals surface area contributed by atoms with Crippen LogP contribution >= 0.6 is 0 Å². The summed E-state index contributed by atoms with van der Waals surface area (Å²) in [6, 6.07) is 0. The molecule has 0 saturated heterocycles. The van der Waals surface area contributed by atoms with E-state index in [1.54, 1.807) is 0 Å². The van der Waals surface area contributed by atoms with E-state index in [1.165, 1.54) is 0 Å². The monoisotopic (exact) mass is 301 g/mol. The maximum absolute atomic E-state index is 13.8. The van der Waals surface area contributed by atoms with Gasteiger partial charge in [-0.05, 0) is 25.7 Å². The first-order valence-corrected chi connectivity index (χ1v) is 6.69. The van der Waals surface area contributed by atoms with Gasteiger partial charge in [-0.1, -0.05) is 18.3 Å². The van der Waals surface area contributed by atoms with Crippen molar-refractivity contribution in [3.05, 3.63) is 28.8 Å². The summed E-state index contributed by atoms with van der Waals surface area (Å²) in [6.07, 6.45) is 3.20. The molecule has 1 saturated carbocycles. The fraction of sp³-hybridized carbons (Fsp3) is 0.467. The Morgan fingerprint density at radius 1 is 0.952 bits per heavy atom. The fourth-order valence-corrected chi connectivity index (χ4v) is 2.40. The smallest absolute Gasteiger partial charge is 0.186 e. The predicted molar refractivity (Wildman–Crippen MR) is 70.7 cm³/mol. The van der Waals surface area contributed by atoms with Crippen LogP contribution < -0.4 is 5.32 Å². The van der Waals surface area contributed by atoms with Crippen molar-refractivity contribution in [3.63, 3.8) is 0 Å². The molecule has 1 aliphatic rings. The highest BCUT2D eigenvalue weighted by molar-refractivity contribution is 5.53. The third-order valence-corrected chi connectivity index (χ3v) is 3.61. The lowest BCUT2D eigenvalue weighted by Gasteiger charge is -2.26. The second-order valence-corrected chi connectivity index (χ2v) is 5.10. The van der Waals surface area contributed by atoms with Gasteiger partial charge in [0.2, 0.25) is 0 Å². The minimum atomic E-state index is -1.56. The van der Waals surface area contributed by atoms with E-state index < -0.39 is 40.1 Å². The summed E-state index contributed by atoms with van der Waals surface area (Å²) in [4.78, 5) is 0. The lowest BCUT2D eigenvalue weighted by atomic mass is 9.85. The second kappa shape index (κ2) is 5.94. The summed E-state index contributed by atoms with van der Waals surface area (Å²) >= 11 is 0. The highest BCUT2D eigenvalue weighted by atomic mass is 19.2. The summed E-state index contributed by atoms with van der Waals surface area (Å²) in [5, 5.41) is 12.2. The van der Waals surface area contributed by atoms with Gasteiger partial charge >= 0.3 is 0 Å². The van der Waals surface area contributed by atoms with Gasteiger partial charge in [0.25, 0.3) is 0 Å². The molecule has 0 aromatic heterocycles. The first-order chi connectivity index (χ1) is 9.89. The second-order valence-electron chi connectivity index (χ2n) is 5.10. The van der Waals surface area contributed by atoms with Crippen molar-refractivity contribution in [1.82, 2.24) is 0 Å². The van der Waals surface area contributed by atoms with E-state index in [4.69, 9.17) is 0 Å². The largest absolute Gasteiger partial charge is 0.383 e. The van der Waals surface area contributed by atoms with Gasteiger partial charge in [-0.25, -0.2) is 17.6 Å². The van der Waals surface area contributed by atoms with E-state index in [0.29, 0.717) is 12.8 Å². The van der Waals surface area contributed by atoms with Crippen molar-refractivity contribution in [2.75, 3.05) is 12.4 Å². The molecule has 21 heavy (non-hydrogen) atoms. The van der Waals surface area contributed by atoms with Crippen LogP contribution in [0.25, 0.3) is 0 Å². The van der Waals surface area contributed by atoms with Gasteiger partial charge in [0.05, 0.1) is 0 Å². The minimum Gasteiger partial charge on any atom is -0.383 e. The molecule has 2 nitrogen and oxygen atoms in total. The number of anilines is 1. The van der Waals surface area contributed by atoms with E-state index in [1.807, 2.05) is 0 Å². The Morgan fingerprint density at radius 2 is 1.48 bits per heavy atom. The predicted octanol–water partition coefficient (Wildman–Crippen LogP) is 3.33. The van der Waals surface area contributed by atoms with E-state index >= 15 is 0 Å². The molecule has 0 radical (unpaired) electrons. The zero-order valence-corrected chi connectivity index (χ0v) is 11.5. The SMILES string of the molecule is CNc1c(F)c(F)c(C#CC2(O)CCCCC2)c(F)c1F. The van der Waals surface area contributed by atoms with E-state index in [9.17, 15) is 22.7 Å². The number of benzene rings is 1. The Morgan fingerprint density at radius 3 is 1.95 bits per heavy atom. The number of aliphatic hydroxyl groups is 1. The van der Waals surface area contributed by atoms with Crippen LogP contribution in [0.15, 0.2) is 0 Å². The minimum absolute atomic E-state index is 0.378. The van der Waals surface area contributed by atoms with Crippen molar-refractivity contribution in [2.45, 2.75) is 37.7 Å². The van der Waals surface area contributed by atoms with Gasteiger partial charge in [-0.2, -0.15) is 0 Å².